The number of nitrogens with one attached hydrogen (secondary N) is 2. The van der Waals surface area contributed by atoms with Gasteiger partial charge in [-0.1, -0.05) is 30.0 Å². The van der Waals surface area contributed by atoms with Crippen molar-refractivity contribution in [1.82, 2.24) is 14.5 Å². The molecular weight excluding hydrogens is 412 g/mol. The smallest absolute Gasteiger partial charge is 0.273 e. The van der Waals surface area contributed by atoms with Crippen LogP contribution in [-0.4, -0.2) is 20.4 Å². The van der Waals surface area contributed by atoms with Gasteiger partial charge in [-0.2, -0.15) is 0 Å². The van der Waals surface area contributed by atoms with Crippen LogP contribution in [-0.2, 0) is 7.05 Å². The summed E-state index contributed by atoms with van der Waals surface area (Å²) in [5.41, 5.74) is 2.17. The Morgan fingerprint density at radius 2 is 1.96 bits per heavy atom. The maximum absolute atomic E-state index is 12.6. The number of fused-ring (bicyclic) bond motifs is 1. The van der Waals surface area contributed by atoms with E-state index in [2.05, 4.69) is 31.2 Å². The number of halogens is 1. The molecule has 7 heteroatoms. The lowest BCUT2D eigenvalue weighted by atomic mass is 10.2. The van der Waals surface area contributed by atoms with Gasteiger partial charge in [0, 0.05) is 40.9 Å². The number of aromatic nitrogens is 3. The highest BCUT2D eigenvalue weighted by Crippen LogP contribution is 2.29. The molecular formula is C19H15BrN4OS. The normalized spacial score (nSPS) is 11.0. The molecule has 0 aliphatic rings. The molecule has 0 fully saturated rings. The molecule has 130 valence electrons. The van der Waals surface area contributed by atoms with Gasteiger partial charge in [-0.3, -0.25) is 4.79 Å². The maximum Gasteiger partial charge on any atom is 0.273 e. The Balaban J connectivity index is 1.50. The number of hydrogen-bond donors (Lipinski definition) is 2. The Kier molecular flexibility index (Phi) is 4.57. The van der Waals surface area contributed by atoms with E-state index in [4.69, 9.17) is 0 Å². The molecule has 4 aromatic rings. The molecule has 2 heterocycles. The molecule has 26 heavy (non-hydrogen) atoms. The summed E-state index contributed by atoms with van der Waals surface area (Å²) in [5, 5.41) is 4.83. The van der Waals surface area contributed by atoms with Gasteiger partial charge in [-0.15, -0.1) is 0 Å². The summed E-state index contributed by atoms with van der Waals surface area (Å²) >= 11 is 5.09. The van der Waals surface area contributed by atoms with Crippen molar-refractivity contribution < 1.29 is 4.79 Å². The number of carbonyl (C=O) groups is 1. The number of para-hydroxylation sites is 1. The van der Waals surface area contributed by atoms with Crippen molar-refractivity contribution >= 4 is 50.2 Å². The van der Waals surface area contributed by atoms with Crippen LogP contribution in [0.5, 0.6) is 0 Å². The molecule has 1 amide bonds. The Morgan fingerprint density at radius 1 is 1.19 bits per heavy atom. The SMILES string of the molecule is Cn1ccnc1Sc1ccc(NC(=O)c2[nH]c3ccccc3c2Br)cc1. The van der Waals surface area contributed by atoms with Gasteiger partial charge >= 0.3 is 0 Å². The zero-order valence-corrected chi connectivity index (χ0v) is 16.3. The molecule has 2 aromatic heterocycles. The number of aromatic amines is 1. The minimum atomic E-state index is -0.183. The third kappa shape index (κ3) is 3.27. The zero-order valence-electron chi connectivity index (χ0n) is 13.9. The summed E-state index contributed by atoms with van der Waals surface area (Å²) in [6, 6.07) is 15.5. The second-order valence-corrected chi connectivity index (χ2v) is 7.59. The Hall–Kier alpha value is -2.51. The second-order valence-electron chi connectivity index (χ2n) is 5.76. The molecule has 0 saturated carbocycles. The van der Waals surface area contributed by atoms with Crippen molar-refractivity contribution in [3.05, 3.63) is 71.1 Å². The fourth-order valence-corrected chi connectivity index (χ4v) is 4.05. The minimum absolute atomic E-state index is 0.183. The summed E-state index contributed by atoms with van der Waals surface area (Å²) in [4.78, 5) is 21.1. The first-order chi connectivity index (χ1) is 12.6. The maximum atomic E-state index is 12.6. The Morgan fingerprint density at radius 3 is 2.65 bits per heavy atom. The van der Waals surface area contributed by atoms with Crippen LogP contribution in [0.4, 0.5) is 5.69 Å². The minimum Gasteiger partial charge on any atom is -0.350 e. The van der Waals surface area contributed by atoms with Gasteiger partial charge in [-0.05, 0) is 46.3 Å². The van der Waals surface area contributed by atoms with Crippen LogP contribution in [0.1, 0.15) is 10.5 Å². The van der Waals surface area contributed by atoms with E-state index in [-0.39, 0.29) is 5.91 Å². The lowest BCUT2D eigenvalue weighted by molar-refractivity contribution is 0.102. The fraction of sp³-hybridized carbons (Fsp3) is 0.0526. The van der Waals surface area contributed by atoms with E-state index >= 15 is 0 Å². The van der Waals surface area contributed by atoms with Crippen molar-refractivity contribution in [2.45, 2.75) is 10.1 Å². The van der Waals surface area contributed by atoms with Crippen LogP contribution < -0.4 is 5.32 Å². The molecule has 4 rings (SSSR count). The van der Waals surface area contributed by atoms with E-state index in [0.29, 0.717) is 5.69 Å². The highest BCUT2D eigenvalue weighted by Gasteiger charge is 2.16. The summed E-state index contributed by atoms with van der Waals surface area (Å²) in [7, 11) is 1.96. The molecule has 0 unspecified atom stereocenters. The first-order valence-electron chi connectivity index (χ1n) is 7.94. The second kappa shape index (κ2) is 7.01. The van der Waals surface area contributed by atoms with Crippen LogP contribution >= 0.6 is 27.7 Å². The molecule has 0 aliphatic heterocycles. The monoisotopic (exact) mass is 426 g/mol. The number of nitrogens with zero attached hydrogens (tertiary/aromatic N) is 2. The molecule has 0 radical (unpaired) electrons. The number of anilines is 1. The molecule has 0 saturated heterocycles. The molecule has 2 N–H and O–H groups in total. The molecule has 0 bridgehead atoms. The standard InChI is InChI=1S/C19H15BrN4OS/c1-24-11-10-21-19(24)26-13-8-6-12(7-9-13)22-18(25)17-16(20)14-4-2-3-5-15(14)23-17/h2-11,23H,1H3,(H,22,25). The predicted octanol–water partition coefficient (Wildman–Crippen LogP) is 5.07. The molecule has 0 atom stereocenters. The molecule has 0 aliphatic carbocycles. The van der Waals surface area contributed by atoms with Crippen LogP contribution in [0, 0.1) is 0 Å². The van der Waals surface area contributed by atoms with Gasteiger partial charge in [0.05, 0.1) is 4.47 Å². The van der Waals surface area contributed by atoms with E-state index in [1.54, 1.807) is 18.0 Å². The van der Waals surface area contributed by atoms with Gasteiger partial charge in [0.15, 0.2) is 5.16 Å². The molecule has 2 aromatic carbocycles. The average molecular weight is 427 g/mol. The lowest BCUT2D eigenvalue weighted by Gasteiger charge is -2.06. The number of aryl methyl sites for hydroxylation is 1. The van der Waals surface area contributed by atoms with Crippen LogP contribution in [0.3, 0.4) is 0 Å². The lowest BCUT2D eigenvalue weighted by Crippen LogP contribution is -2.12. The largest absolute Gasteiger partial charge is 0.350 e. The Labute approximate surface area is 163 Å². The predicted molar refractivity (Wildman–Crippen MR) is 108 cm³/mol. The van der Waals surface area contributed by atoms with Crippen LogP contribution in [0.2, 0.25) is 0 Å². The van der Waals surface area contributed by atoms with Crippen molar-refractivity contribution in [2.24, 2.45) is 7.05 Å². The van der Waals surface area contributed by atoms with Crippen molar-refractivity contribution in [3.63, 3.8) is 0 Å². The first kappa shape index (κ1) is 16.9. The summed E-state index contributed by atoms with van der Waals surface area (Å²) < 4.78 is 2.74. The van der Waals surface area contributed by atoms with Gasteiger partial charge < -0.3 is 14.9 Å². The highest BCUT2D eigenvalue weighted by atomic mass is 79.9. The fourth-order valence-electron chi connectivity index (χ4n) is 2.62. The summed E-state index contributed by atoms with van der Waals surface area (Å²) in [6.07, 6.45) is 3.68. The number of hydrogen-bond acceptors (Lipinski definition) is 3. The summed E-state index contributed by atoms with van der Waals surface area (Å²) in [6.45, 7) is 0. The van der Waals surface area contributed by atoms with Crippen molar-refractivity contribution in [1.29, 1.82) is 0 Å². The van der Waals surface area contributed by atoms with Gasteiger partial charge in [0.2, 0.25) is 0 Å². The number of H-pyrrole nitrogens is 1. The number of benzene rings is 2. The quantitative estimate of drug-likeness (QED) is 0.478. The van der Waals surface area contributed by atoms with Gasteiger partial charge in [0.1, 0.15) is 5.69 Å². The number of amides is 1. The highest BCUT2D eigenvalue weighted by molar-refractivity contribution is 9.10. The van der Waals surface area contributed by atoms with Crippen LogP contribution in [0.15, 0.2) is 75.4 Å². The van der Waals surface area contributed by atoms with Gasteiger partial charge in [-0.25, -0.2) is 4.98 Å². The first-order valence-corrected chi connectivity index (χ1v) is 9.55. The third-order valence-corrected chi connectivity index (χ3v) is 5.88. The van der Waals surface area contributed by atoms with E-state index in [1.807, 2.05) is 66.3 Å². The average Bonchev–Trinajstić information content (AvgIpc) is 3.20. The van der Waals surface area contributed by atoms with E-state index in [9.17, 15) is 4.79 Å². The topological polar surface area (TPSA) is 62.7 Å². The van der Waals surface area contributed by atoms with Crippen molar-refractivity contribution in [3.8, 4) is 0 Å². The Bertz CT molecular complexity index is 1080. The van der Waals surface area contributed by atoms with Gasteiger partial charge in [0.25, 0.3) is 5.91 Å². The third-order valence-electron chi connectivity index (χ3n) is 3.97. The number of rotatable bonds is 4. The van der Waals surface area contributed by atoms with Crippen molar-refractivity contribution in [2.75, 3.05) is 5.32 Å². The molecule has 5 nitrogen and oxygen atoms in total. The summed E-state index contributed by atoms with van der Waals surface area (Å²) in [5.74, 6) is -0.183. The number of imidazole rings is 1. The van der Waals surface area contributed by atoms with E-state index in [0.717, 1.165) is 31.1 Å². The van der Waals surface area contributed by atoms with E-state index < -0.39 is 0 Å². The zero-order chi connectivity index (χ0) is 18.1. The molecule has 0 spiro atoms. The number of carbonyl (C=O) groups excluding carboxylic acids is 1. The van der Waals surface area contributed by atoms with E-state index in [1.165, 1.54) is 0 Å². The van der Waals surface area contributed by atoms with Crippen LogP contribution in [0.25, 0.3) is 10.9 Å².